The van der Waals surface area contributed by atoms with Crippen LogP contribution < -0.4 is 16.0 Å². The molecule has 0 aliphatic heterocycles. The number of aliphatic hydroxyl groups is 1. The van der Waals surface area contributed by atoms with Crippen LogP contribution in [-0.2, 0) is 16.1 Å². The highest BCUT2D eigenvalue weighted by Crippen LogP contribution is 2.18. The van der Waals surface area contributed by atoms with Crippen LogP contribution in [0.3, 0.4) is 0 Å². The van der Waals surface area contributed by atoms with Crippen molar-refractivity contribution in [3.63, 3.8) is 0 Å². The smallest absolute Gasteiger partial charge is 0.253 e. The predicted octanol–water partition coefficient (Wildman–Crippen LogP) is 4.11. The third kappa shape index (κ3) is 12.2. The van der Waals surface area contributed by atoms with Crippen molar-refractivity contribution in [1.82, 2.24) is 20.9 Å². The summed E-state index contributed by atoms with van der Waals surface area (Å²) in [4.78, 5) is 53.7. The van der Waals surface area contributed by atoms with Crippen LogP contribution in [0.2, 0.25) is 0 Å². The second-order valence-corrected chi connectivity index (χ2v) is 13.2. The molecule has 45 heavy (non-hydrogen) atoms. The second kappa shape index (κ2) is 17.5. The molecule has 2 aromatic carbocycles. The number of carbonyl (C=O) groups is 4. The first-order valence-corrected chi connectivity index (χ1v) is 15.8. The Morgan fingerprint density at radius 3 is 2.04 bits per heavy atom. The molecule has 4 amide bonds. The molecule has 0 aromatic heterocycles. The summed E-state index contributed by atoms with van der Waals surface area (Å²) in [7, 11) is 1.65. The van der Waals surface area contributed by atoms with Gasteiger partial charge in [-0.15, -0.1) is 0 Å². The second-order valence-electron chi connectivity index (χ2n) is 13.2. The molecular weight excluding hydrogens is 572 g/mol. The SMILES string of the molecule is CC(C)CNC(=O)C(NC(=O)C(C)CC(O)C(CC(C)C)NC(=O)c1cccc(C(=O)N(C)Cc2cccc(O)c2)c1)C(C)C. The van der Waals surface area contributed by atoms with Gasteiger partial charge in [-0.05, 0) is 66.5 Å². The molecule has 4 atom stereocenters. The Bertz CT molecular complexity index is 1290. The van der Waals surface area contributed by atoms with E-state index in [0.717, 1.165) is 5.56 Å². The molecule has 0 bridgehead atoms. The minimum atomic E-state index is -1.03. The average Bonchev–Trinajstić information content (AvgIpc) is 2.97. The van der Waals surface area contributed by atoms with Crippen LogP contribution in [0.25, 0.3) is 0 Å². The number of hydrogen-bond acceptors (Lipinski definition) is 6. The molecule has 0 saturated carbocycles. The zero-order valence-electron chi connectivity index (χ0n) is 28.0. The van der Waals surface area contributed by atoms with Gasteiger partial charge in [0.25, 0.3) is 11.8 Å². The summed E-state index contributed by atoms with van der Waals surface area (Å²) >= 11 is 0. The summed E-state index contributed by atoms with van der Waals surface area (Å²) in [6.45, 7) is 14.2. The summed E-state index contributed by atoms with van der Waals surface area (Å²) in [5, 5.41) is 29.5. The molecule has 5 N–H and O–H groups in total. The Morgan fingerprint density at radius 2 is 1.44 bits per heavy atom. The van der Waals surface area contributed by atoms with E-state index in [0.29, 0.717) is 18.5 Å². The number of carbonyl (C=O) groups excluding carboxylic acids is 4. The standard InChI is InChI=1S/C35H52N4O6/c1-21(2)15-29(30(41)16-24(7)32(42)38-31(23(5)6)34(44)36-19-22(3)4)37-33(43)26-12-10-13-27(18-26)35(45)39(8)20-25-11-9-14-28(40)17-25/h9-14,17-18,21-24,29-31,40-41H,15-16,19-20H2,1-8H3,(H,36,44)(H,37,43)(H,38,42). The van der Waals surface area contributed by atoms with Crippen molar-refractivity contribution in [2.24, 2.45) is 23.7 Å². The van der Waals surface area contributed by atoms with Gasteiger partial charge in [0.2, 0.25) is 11.8 Å². The van der Waals surface area contributed by atoms with Gasteiger partial charge >= 0.3 is 0 Å². The minimum absolute atomic E-state index is 0.0836. The number of phenols is 1. The molecule has 0 spiro atoms. The van der Waals surface area contributed by atoms with Gasteiger partial charge in [0.15, 0.2) is 0 Å². The van der Waals surface area contributed by atoms with E-state index in [1.54, 1.807) is 50.4 Å². The van der Waals surface area contributed by atoms with Gasteiger partial charge in [-0.25, -0.2) is 0 Å². The maximum absolute atomic E-state index is 13.3. The summed E-state index contributed by atoms with van der Waals surface area (Å²) in [5.74, 6) is -1.52. The first kappa shape index (κ1) is 37.3. The van der Waals surface area contributed by atoms with Crippen molar-refractivity contribution in [3.8, 4) is 5.75 Å². The number of benzene rings is 2. The Balaban J connectivity index is 2.09. The predicted molar refractivity (Wildman–Crippen MR) is 175 cm³/mol. The molecule has 248 valence electrons. The van der Waals surface area contributed by atoms with E-state index in [1.165, 1.54) is 11.0 Å². The molecular formula is C35H52N4O6. The van der Waals surface area contributed by atoms with Gasteiger partial charge in [-0.1, -0.05) is 66.7 Å². The fourth-order valence-corrected chi connectivity index (χ4v) is 4.96. The molecule has 0 aliphatic carbocycles. The first-order valence-electron chi connectivity index (χ1n) is 15.8. The van der Waals surface area contributed by atoms with Crippen LogP contribution in [-0.4, -0.2) is 70.5 Å². The van der Waals surface area contributed by atoms with Gasteiger partial charge < -0.3 is 31.1 Å². The van der Waals surface area contributed by atoms with Crippen LogP contribution in [0.1, 0.15) is 87.6 Å². The molecule has 0 fully saturated rings. The van der Waals surface area contributed by atoms with Crippen LogP contribution >= 0.6 is 0 Å². The zero-order valence-corrected chi connectivity index (χ0v) is 28.0. The van der Waals surface area contributed by atoms with Gasteiger partial charge in [-0.3, -0.25) is 19.2 Å². The van der Waals surface area contributed by atoms with E-state index >= 15 is 0 Å². The number of hydrogen-bond donors (Lipinski definition) is 5. The number of aliphatic hydroxyl groups excluding tert-OH is 1. The molecule has 2 rings (SSSR count). The highest BCUT2D eigenvalue weighted by molar-refractivity contribution is 5.99. The van der Waals surface area contributed by atoms with Crippen LogP contribution in [0, 0.1) is 23.7 Å². The number of aromatic hydroxyl groups is 1. The molecule has 10 nitrogen and oxygen atoms in total. The lowest BCUT2D eigenvalue weighted by Gasteiger charge is -2.29. The van der Waals surface area contributed by atoms with E-state index in [1.807, 2.05) is 47.6 Å². The summed E-state index contributed by atoms with van der Waals surface area (Å²) in [6.07, 6.45) is -0.471. The normalized spacial score (nSPS) is 14.0. The summed E-state index contributed by atoms with van der Waals surface area (Å²) < 4.78 is 0. The number of amides is 4. The van der Waals surface area contributed by atoms with Crippen molar-refractivity contribution in [3.05, 3.63) is 65.2 Å². The fourth-order valence-electron chi connectivity index (χ4n) is 4.96. The number of phenolic OH excluding ortho intramolecular Hbond substituents is 1. The Hall–Kier alpha value is -3.92. The van der Waals surface area contributed by atoms with Crippen LogP contribution in [0.5, 0.6) is 5.75 Å². The minimum Gasteiger partial charge on any atom is -0.508 e. The molecule has 0 heterocycles. The van der Waals surface area contributed by atoms with Gasteiger partial charge in [0.05, 0.1) is 12.1 Å². The highest BCUT2D eigenvalue weighted by atomic mass is 16.3. The van der Waals surface area contributed by atoms with Crippen molar-refractivity contribution in [2.45, 2.75) is 86.0 Å². The lowest BCUT2D eigenvalue weighted by Crippen LogP contribution is -2.52. The molecule has 2 aromatic rings. The molecule has 0 radical (unpaired) electrons. The van der Waals surface area contributed by atoms with Crippen molar-refractivity contribution >= 4 is 23.6 Å². The van der Waals surface area contributed by atoms with Gasteiger partial charge in [-0.2, -0.15) is 0 Å². The first-order chi connectivity index (χ1) is 21.1. The third-order valence-corrected chi connectivity index (χ3v) is 7.53. The zero-order chi connectivity index (χ0) is 33.8. The number of nitrogens with zero attached hydrogens (tertiary/aromatic N) is 1. The quantitative estimate of drug-likeness (QED) is 0.190. The van der Waals surface area contributed by atoms with E-state index in [9.17, 15) is 29.4 Å². The van der Waals surface area contributed by atoms with Crippen molar-refractivity contribution < 1.29 is 29.4 Å². The molecule has 0 saturated heterocycles. The fraction of sp³-hybridized carbons (Fsp3) is 0.543. The van der Waals surface area contributed by atoms with Gasteiger partial charge in [0, 0.05) is 37.2 Å². The largest absolute Gasteiger partial charge is 0.508 e. The maximum atomic E-state index is 13.3. The lowest BCUT2D eigenvalue weighted by molar-refractivity contribution is -0.132. The average molecular weight is 625 g/mol. The molecule has 10 heteroatoms. The van der Waals surface area contributed by atoms with E-state index in [2.05, 4.69) is 16.0 Å². The Morgan fingerprint density at radius 1 is 0.800 bits per heavy atom. The summed E-state index contributed by atoms with van der Waals surface area (Å²) in [5.41, 5.74) is 1.36. The van der Waals surface area contributed by atoms with Gasteiger partial charge in [0.1, 0.15) is 11.8 Å². The number of nitrogens with one attached hydrogen (secondary N) is 3. The topological polar surface area (TPSA) is 148 Å². The molecule has 4 unspecified atom stereocenters. The van der Waals surface area contributed by atoms with Crippen LogP contribution in [0.15, 0.2) is 48.5 Å². The highest BCUT2D eigenvalue weighted by Gasteiger charge is 2.30. The van der Waals surface area contributed by atoms with E-state index in [-0.39, 0.29) is 59.8 Å². The lowest BCUT2D eigenvalue weighted by atomic mass is 9.91. The van der Waals surface area contributed by atoms with Crippen molar-refractivity contribution in [1.29, 1.82) is 0 Å². The van der Waals surface area contributed by atoms with E-state index in [4.69, 9.17) is 0 Å². The maximum Gasteiger partial charge on any atom is 0.253 e. The Kier molecular flexibility index (Phi) is 14.5. The van der Waals surface area contributed by atoms with E-state index < -0.39 is 30.0 Å². The van der Waals surface area contributed by atoms with Crippen LogP contribution in [0.4, 0.5) is 0 Å². The molecule has 0 aliphatic rings. The Labute approximate surface area is 268 Å². The monoisotopic (exact) mass is 624 g/mol. The number of rotatable bonds is 16. The third-order valence-electron chi connectivity index (χ3n) is 7.53. The van der Waals surface area contributed by atoms with Crippen molar-refractivity contribution in [2.75, 3.05) is 13.6 Å². The summed E-state index contributed by atoms with van der Waals surface area (Å²) in [6, 6.07) is 11.7.